The Bertz CT molecular complexity index is 204. The highest BCUT2D eigenvalue weighted by molar-refractivity contribution is 5.75. The molecule has 0 aromatic heterocycles. The highest BCUT2D eigenvalue weighted by Gasteiger charge is 2.25. The van der Waals surface area contributed by atoms with Crippen molar-refractivity contribution in [2.24, 2.45) is 0 Å². The molecule has 2 atom stereocenters. The monoisotopic (exact) mass is 198 g/mol. The van der Waals surface area contributed by atoms with Crippen LogP contribution in [-0.4, -0.2) is 23.9 Å². The SMILES string of the molecule is CC(=O)N[C@@H]1CCCC[C@H]1NC(C)=O. The highest BCUT2D eigenvalue weighted by atomic mass is 16.2. The van der Waals surface area contributed by atoms with Crippen LogP contribution in [0.4, 0.5) is 0 Å². The third-order valence-electron chi connectivity index (χ3n) is 2.54. The molecule has 1 rings (SSSR count). The molecule has 1 aliphatic rings. The van der Waals surface area contributed by atoms with Crippen LogP contribution in [0.5, 0.6) is 0 Å². The van der Waals surface area contributed by atoms with Gasteiger partial charge >= 0.3 is 0 Å². The lowest BCUT2D eigenvalue weighted by atomic mass is 9.90. The Balaban J connectivity index is 2.49. The average Bonchev–Trinajstić information content (AvgIpc) is 2.06. The van der Waals surface area contributed by atoms with Crippen molar-refractivity contribution in [1.82, 2.24) is 10.6 Å². The lowest BCUT2D eigenvalue weighted by Crippen LogP contribution is -2.52. The molecule has 14 heavy (non-hydrogen) atoms. The molecule has 80 valence electrons. The van der Waals surface area contributed by atoms with Gasteiger partial charge in [-0.05, 0) is 12.8 Å². The van der Waals surface area contributed by atoms with Crippen molar-refractivity contribution in [3.8, 4) is 0 Å². The van der Waals surface area contributed by atoms with E-state index in [1.165, 1.54) is 13.8 Å². The Labute approximate surface area is 84.4 Å². The highest BCUT2D eigenvalue weighted by Crippen LogP contribution is 2.18. The molecule has 0 aromatic rings. The number of rotatable bonds is 2. The van der Waals surface area contributed by atoms with E-state index in [1.807, 2.05) is 0 Å². The number of carbonyl (C=O) groups is 2. The Hall–Kier alpha value is -1.06. The third-order valence-corrected chi connectivity index (χ3v) is 2.54. The molecule has 1 saturated carbocycles. The molecule has 2 amide bonds. The predicted octanol–water partition coefficient (Wildman–Crippen LogP) is 0.570. The number of hydrogen-bond acceptors (Lipinski definition) is 2. The Morgan fingerprint density at radius 2 is 1.29 bits per heavy atom. The molecule has 0 unspecified atom stereocenters. The molecule has 0 saturated heterocycles. The van der Waals surface area contributed by atoms with Gasteiger partial charge in [-0.2, -0.15) is 0 Å². The zero-order valence-corrected chi connectivity index (χ0v) is 8.80. The van der Waals surface area contributed by atoms with Gasteiger partial charge in [0.25, 0.3) is 0 Å². The Morgan fingerprint density at radius 3 is 1.57 bits per heavy atom. The zero-order valence-electron chi connectivity index (χ0n) is 8.80. The molecule has 2 N–H and O–H groups in total. The first kappa shape index (κ1) is 11.0. The summed E-state index contributed by atoms with van der Waals surface area (Å²) in [4.78, 5) is 21.8. The Kier molecular flexibility index (Phi) is 3.92. The second-order valence-corrected chi connectivity index (χ2v) is 3.90. The summed E-state index contributed by atoms with van der Waals surface area (Å²) < 4.78 is 0. The summed E-state index contributed by atoms with van der Waals surface area (Å²) in [6, 6.07) is 0.232. The van der Waals surface area contributed by atoms with E-state index in [2.05, 4.69) is 10.6 Å². The second-order valence-electron chi connectivity index (χ2n) is 3.90. The van der Waals surface area contributed by atoms with E-state index in [4.69, 9.17) is 0 Å². The first-order valence-corrected chi connectivity index (χ1v) is 5.14. The van der Waals surface area contributed by atoms with Gasteiger partial charge in [-0.25, -0.2) is 0 Å². The molecule has 0 radical (unpaired) electrons. The molecule has 4 nitrogen and oxygen atoms in total. The number of carbonyl (C=O) groups excluding carboxylic acids is 2. The van der Waals surface area contributed by atoms with Gasteiger partial charge in [0.1, 0.15) is 0 Å². The van der Waals surface area contributed by atoms with Gasteiger partial charge in [-0.3, -0.25) is 9.59 Å². The quantitative estimate of drug-likeness (QED) is 0.681. The topological polar surface area (TPSA) is 58.2 Å². The van der Waals surface area contributed by atoms with Crippen LogP contribution in [-0.2, 0) is 9.59 Å². The van der Waals surface area contributed by atoms with E-state index >= 15 is 0 Å². The van der Waals surface area contributed by atoms with E-state index in [9.17, 15) is 9.59 Å². The lowest BCUT2D eigenvalue weighted by Gasteiger charge is -2.32. The second kappa shape index (κ2) is 4.98. The van der Waals surface area contributed by atoms with Crippen LogP contribution in [0.1, 0.15) is 39.5 Å². The van der Waals surface area contributed by atoms with Crippen molar-refractivity contribution in [3.63, 3.8) is 0 Å². The number of hydrogen-bond donors (Lipinski definition) is 2. The minimum Gasteiger partial charge on any atom is -0.352 e. The Morgan fingerprint density at radius 1 is 0.929 bits per heavy atom. The number of nitrogens with one attached hydrogen (secondary N) is 2. The largest absolute Gasteiger partial charge is 0.352 e. The first-order chi connectivity index (χ1) is 6.59. The maximum Gasteiger partial charge on any atom is 0.217 e. The molecule has 4 heteroatoms. The first-order valence-electron chi connectivity index (χ1n) is 5.14. The van der Waals surface area contributed by atoms with Crippen molar-refractivity contribution in [2.75, 3.05) is 0 Å². The van der Waals surface area contributed by atoms with Crippen molar-refractivity contribution in [1.29, 1.82) is 0 Å². The molecule has 0 bridgehead atoms. The molecular formula is C10H18N2O2. The normalized spacial score (nSPS) is 26.7. The van der Waals surface area contributed by atoms with Crippen molar-refractivity contribution < 1.29 is 9.59 Å². The van der Waals surface area contributed by atoms with E-state index in [0.29, 0.717) is 0 Å². The van der Waals surface area contributed by atoms with Gasteiger partial charge in [-0.1, -0.05) is 12.8 Å². The maximum absolute atomic E-state index is 10.9. The third kappa shape index (κ3) is 3.36. The van der Waals surface area contributed by atoms with Crippen LogP contribution in [0.3, 0.4) is 0 Å². The summed E-state index contributed by atoms with van der Waals surface area (Å²) in [5.41, 5.74) is 0. The molecule has 1 aliphatic carbocycles. The van der Waals surface area contributed by atoms with Gasteiger partial charge in [0.15, 0.2) is 0 Å². The van der Waals surface area contributed by atoms with Gasteiger partial charge in [0, 0.05) is 25.9 Å². The van der Waals surface area contributed by atoms with E-state index in [-0.39, 0.29) is 23.9 Å². The molecule has 0 spiro atoms. The summed E-state index contributed by atoms with van der Waals surface area (Å²) in [5.74, 6) is -0.0421. The molecule has 0 heterocycles. The predicted molar refractivity (Wildman–Crippen MR) is 53.7 cm³/mol. The summed E-state index contributed by atoms with van der Waals surface area (Å²) in [5, 5.41) is 5.77. The average molecular weight is 198 g/mol. The van der Waals surface area contributed by atoms with Crippen molar-refractivity contribution in [3.05, 3.63) is 0 Å². The maximum atomic E-state index is 10.9. The van der Waals surface area contributed by atoms with Crippen LogP contribution in [0.2, 0.25) is 0 Å². The van der Waals surface area contributed by atoms with Crippen LogP contribution in [0.25, 0.3) is 0 Å². The van der Waals surface area contributed by atoms with E-state index in [0.717, 1.165) is 25.7 Å². The molecular weight excluding hydrogens is 180 g/mol. The zero-order chi connectivity index (χ0) is 10.6. The number of amides is 2. The summed E-state index contributed by atoms with van der Waals surface area (Å²) >= 11 is 0. The fourth-order valence-electron chi connectivity index (χ4n) is 2.00. The van der Waals surface area contributed by atoms with E-state index < -0.39 is 0 Å². The van der Waals surface area contributed by atoms with Gasteiger partial charge in [0.05, 0.1) is 0 Å². The van der Waals surface area contributed by atoms with Gasteiger partial charge in [-0.15, -0.1) is 0 Å². The van der Waals surface area contributed by atoms with Crippen molar-refractivity contribution in [2.45, 2.75) is 51.6 Å². The smallest absolute Gasteiger partial charge is 0.217 e. The van der Waals surface area contributed by atoms with Gasteiger partial charge < -0.3 is 10.6 Å². The van der Waals surface area contributed by atoms with E-state index in [1.54, 1.807) is 0 Å². The van der Waals surface area contributed by atoms with Crippen molar-refractivity contribution >= 4 is 11.8 Å². The fourth-order valence-corrected chi connectivity index (χ4v) is 2.00. The summed E-state index contributed by atoms with van der Waals surface area (Å²) in [6.07, 6.45) is 4.18. The summed E-state index contributed by atoms with van der Waals surface area (Å²) in [7, 11) is 0. The van der Waals surface area contributed by atoms with Gasteiger partial charge in [0.2, 0.25) is 11.8 Å². The molecule has 0 aliphatic heterocycles. The lowest BCUT2D eigenvalue weighted by molar-refractivity contribution is -0.122. The molecule has 0 aromatic carbocycles. The van der Waals surface area contributed by atoms with Crippen LogP contribution >= 0.6 is 0 Å². The minimum absolute atomic E-state index is 0.0211. The fraction of sp³-hybridized carbons (Fsp3) is 0.800. The van der Waals surface area contributed by atoms with Crippen LogP contribution in [0, 0.1) is 0 Å². The standard InChI is InChI=1S/C10H18N2O2/c1-7(13)11-9-5-3-4-6-10(9)12-8(2)14/h9-10H,3-6H2,1-2H3,(H,11,13)(H,12,14)/t9-,10-/m1/s1. The minimum atomic E-state index is -0.0211. The summed E-state index contributed by atoms with van der Waals surface area (Å²) in [6.45, 7) is 3.03. The van der Waals surface area contributed by atoms with Crippen LogP contribution in [0.15, 0.2) is 0 Å². The molecule has 1 fully saturated rings. The van der Waals surface area contributed by atoms with Crippen LogP contribution < -0.4 is 10.6 Å².